The largest absolute Gasteiger partial charge is 0.383 e. The zero-order valence-electron chi connectivity index (χ0n) is 14.5. The number of amides is 1. The van der Waals surface area contributed by atoms with Crippen LogP contribution in [0.3, 0.4) is 0 Å². The maximum Gasteiger partial charge on any atom is 0.274 e. The number of carbonyl (C=O) groups excluding carboxylic acids is 1. The zero-order chi connectivity index (χ0) is 18.5. The quantitative estimate of drug-likeness (QED) is 0.852. The van der Waals surface area contributed by atoms with Crippen molar-refractivity contribution < 1.29 is 9.53 Å². The molecule has 26 heavy (non-hydrogen) atoms. The molecular weight excluding hydrogens is 356 g/mol. The lowest BCUT2D eigenvalue weighted by Gasteiger charge is -2.36. The average Bonchev–Trinajstić information content (AvgIpc) is 2.67. The average molecular weight is 377 g/mol. The molecule has 1 aromatic carbocycles. The van der Waals surface area contributed by atoms with Crippen molar-refractivity contribution in [3.63, 3.8) is 0 Å². The second-order valence-corrected chi connectivity index (χ2v) is 6.48. The number of carbonyl (C=O) groups is 1. The fraction of sp³-hybridized carbons (Fsp3) is 0.389. The van der Waals surface area contributed by atoms with Gasteiger partial charge in [-0.2, -0.15) is 5.10 Å². The minimum atomic E-state index is -0.259. The molecule has 1 fully saturated rings. The molecule has 1 unspecified atom stereocenters. The van der Waals surface area contributed by atoms with Crippen LogP contribution in [0.5, 0.6) is 0 Å². The van der Waals surface area contributed by atoms with E-state index in [0.717, 1.165) is 5.56 Å². The number of aromatic nitrogens is 2. The lowest BCUT2D eigenvalue weighted by Crippen LogP contribution is -2.49. The molecule has 1 saturated heterocycles. The molecule has 8 heteroatoms. The predicted octanol–water partition coefficient (Wildman–Crippen LogP) is 1.33. The van der Waals surface area contributed by atoms with Crippen LogP contribution in [0.4, 0.5) is 0 Å². The van der Waals surface area contributed by atoms with E-state index in [1.807, 2.05) is 18.2 Å². The highest BCUT2D eigenvalue weighted by Crippen LogP contribution is 2.25. The molecular formula is C18H21ClN4O3. The van der Waals surface area contributed by atoms with Gasteiger partial charge in [-0.15, -0.1) is 0 Å². The first-order valence-corrected chi connectivity index (χ1v) is 8.82. The highest BCUT2D eigenvalue weighted by atomic mass is 35.5. The van der Waals surface area contributed by atoms with E-state index in [0.29, 0.717) is 37.8 Å². The van der Waals surface area contributed by atoms with Crippen molar-refractivity contribution in [3.8, 4) is 0 Å². The van der Waals surface area contributed by atoms with E-state index in [2.05, 4.69) is 10.4 Å². The standard InChI is InChI=1S/C18H21ClN4O3/c1-26-10-9-23-17(24)6-5-15(21-23)18(25)22-8-7-20-12-16(22)13-3-2-4-14(19)11-13/h2-6,11,16,20H,7-10,12H2,1H3. The van der Waals surface area contributed by atoms with Crippen LogP contribution < -0.4 is 10.9 Å². The van der Waals surface area contributed by atoms with Gasteiger partial charge in [0.2, 0.25) is 0 Å². The zero-order valence-corrected chi connectivity index (χ0v) is 15.3. The molecule has 0 bridgehead atoms. The Morgan fingerprint density at radius 3 is 3.00 bits per heavy atom. The fourth-order valence-corrected chi connectivity index (χ4v) is 3.21. The number of hydrogen-bond acceptors (Lipinski definition) is 5. The van der Waals surface area contributed by atoms with Gasteiger partial charge < -0.3 is 15.0 Å². The first-order chi connectivity index (χ1) is 12.6. The summed E-state index contributed by atoms with van der Waals surface area (Å²) in [6.45, 7) is 2.54. The molecule has 0 radical (unpaired) electrons. The Labute approximate surface area is 156 Å². The van der Waals surface area contributed by atoms with Gasteiger partial charge >= 0.3 is 0 Å². The minimum Gasteiger partial charge on any atom is -0.383 e. The molecule has 2 aromatic rings. The smallest absolute Gasteiger partial charge is 0.274 e. The molecule has 2 heterocycles. The summed E-state index contributed by atoms with van der Waals surface area (Å²) in [5.74, 6) is -0.206. The van der Waals surface area contributed by atoms with Gasteiger partial charge in [0, 0.05) is 37.8 Å². The Hall–Kier alpha value is -2.22. The molecule has 0 aliphatic carbocycles. The number of nitrogens with zero attached hydrogens (tertiary/aromatic N) is 3. The molecule has 1 aromatic heterocycles. The molecule has 0 spiro atoms. The summed E-state index contributed by atoms with van der Waals surface area (Å²) >= 11 is 6.11. The Morgan fingerprint density at radius 1 is 1.38 bits per heavy atom. The lowest BCUT2D eigenvalue weighted by molar-refractivity contribution is 0.0624. The van der Waals surface area contributed by atoms with E-state index in [4.69, 9.17) is 16.3 Å². The van der Waals surface area contributed by atoms with Crippen LogP contribution in [0.2, 0.25) is 5.02 Å². The lowest BCUT2D eigenvalue weighted by atomic mass is 10.0. The molecule has 138 valence electrons. The topological polar surface area (TPSA) is 76.5 Å². The van der Waals surface area contributed by atoms with Crippen LogP contribution in [-0.4, -0.2) is 53.9 Å². The van der Waals surface area contributed by atoms with Gasteiger partial charge in [0.1, 0.15) is 5.69 Å². The molecule has 0 saturated carbocycles. The van der Waals surface area contributed by atoms with Crippen molar-refractivity contribution in [2.75, 3.05) is 33.4 Å². The number of nitrogens with one attached hydrogen (secondary N) is 1. The maximum atomic E-state index is 13.1. The first kappa shape index (κ1) is 18.6. The molecule has 3 rings (SSSR count). The van der Waals surface area contributed by atoms with Gasteiger partial charge in [0.15, 0.2) is 0 Å². The summed E-state index contributed by atoms with van der Waals surface area (Å²) in [6, 6.07) is 10.2. The highest BCUT2D eigenvalue weighted by Gasteiger charge is 2.29. The van der Waals surface area contributed by atoms with E-state index < -0.39 is 0 Å². The summed E-state index contributed by atoms with van der Waals surface area (Å²) < 4.78 is 6.24. The van der Waals surface area contributed by atoms with Gasteiger partial charge in [0.05, 0.1) is 19.2 Å². The highest BCUT2D eigenvalue weighted by molar-refractivity contribution is 6.30. The Balaban J connectivity index is 1.88. The fourth-order valence-electron chi connectivity index (χ4n) is 3.01. The van der Waals surface area contributed by atoms with Crippen molar-refractivity contribution in [1.29, 1.82) is 0 Å². The van der Waals surface area contributed by atoms with Crippen molar-refractivity contribution in [3.05, 3.63) is 63.0 Å². The van der Waals surface area contributed by atoms with Gasteiger partial charge in [-0.1, -0.05) is 23.7 Å². The normalized spacial score (nSPS) is 17.3. The summed E-state index contributed by atoms with van der Waals surface area (Å²) in [7, 11) is 1.55. The Morgan fingerprint density at radius 2 is 2.23 bits per heavy atom. The number of rotatable bonds is 5. The molecule has 1 aliphatic heterocycles. The number of hydrogen-bond donors (Lipinski definition) is 1. The minimum absolute atomic E-state index is 0.142. The van der Waals surface area contributed by atoms with Crippen LogP contribution >= 0.6 is 11.6 Å². The predicted molar refractivity (Wildman–Crippen MR) is 98.5 cm³/mol. The van der Waals surface area contributed by atoms with Crippen LogP contribution in [0, 0.1) is 0 Å². The van der Waals surface area contributed by atoms with Crippen molar-refractivity contribution >= 4 is 17.5 Å². The summed E-state index contributed by atoms with van der Waals surface area (Å²) in [5, 5.41) is 8.16. The number of halogens is 1. The van der Waals surface area contributed by atoms with E-state index in [-0.39, 0.29) is 23.2 Å². The second-order valence-electron chi connectivity index (χ2n) is 6.05. The van der Waals surface area contributed by atoms with Crippen LogP contribution in [0.25, 0.3) is 0 Å². The third-order valence-electron chi connectivity index (χ3n) is 4.33. The van der Waals surface area contributed by atoms with Crippen molar-refractivity contribution in [1.82, 2.24) is 20.0 Å². The maximum absolute atomic E-state index is 13.1. The van der Waals surface area contributed by atoms with Crippen LogP contribution in [0.15, 0.2) is 41.2 Å². The third-order valence-corrected chi connectivity index (χ3v) is 4.57. The molecule has 1 N–H and O–H groups in total. The monoisotopic (exact) mass is 376 g/mol. The van der Waals surface area contributed by atoms with E-state index in [1.54, 1.807) is 18.1 Å². The summed E-state index contributed by atoms with van der Waals surface area (Å²) in [6.07, 6.45) is 0. The van der Waals surface area contributed by atoms with Crippen LogP contribution in [0.1, 0.15) is 22.1 Å². The van der Waals surface area contributed by atoms with E-state index >= 15 is 0 Å². The van der Waals surface area contributed by atoms with Crippen LogP contribution in [-0.2, 0) is 11.3 Å². The van der Waals surface area contributed by atoms with Gasteiger partial charge in [0.25, 0.3) is 11.5 Å². The van der Waals surface area contributed by atoms with Gasteiger partial charge in [-0.3, -0.25) is 9.59 Å². The number of benzene rings is 1. The molecule has 1 amide bonds. The number of piperazine rings is 1. The van der Waals surface area contributed by atoms with Gasteiger partial charge in [-0.05, 0) is 23.8 Å². The summed E-state index contributed by atoms with van der Waals surface area (Å²) in [4.78, 5) is 26.7. The second kappa shape index (κ2) is 8.44. The molecule has 7 nitrogen and oxygen atoms in total. The molecule has 1 atom stereocenters. The molecule has 1 aliphatic rings. The Bertz CT molecular complexity index is 839. The van der Waals surface area contributed by atoms with Crippen molar-refractivity contribution in [2.24, 2.45) is 0 Å². The third kappa shape index (κ3) is 4.12. The van der Waals surface area contributed by atoms with Gasteiger partial charge in [-0.25, -0.2) is 4.68 Å². The van der Waals surface area contributed by atoms with E-state index in [1.165, 1.54) is 16.8 Å². The number of ether oxygens (including phenoxy) is 1. The summed E-state index contributed by atoms with van der Waals surface area (Å²) in [5.41, 5.74) is 0.950. The SMILES string of the molecule is COCCn1nc(C(=O)N2CCNCC2c2cccc(Cl)c2)ccc1=O. The Kier molecular flexibility index (Phi) is 6.03. The number of methoxy groups -OCH3 is 1. The first-order valence-electron chi connectivity index (χ1n) is 8.44. The van der Waals surface area contributed by atoms with Crippen molar-refractivity contribution in [2.45, 2.75) is 12.6 Å². The van der Waals surface area contributed by atoms with E-state index in [9.17, 15) is 9.59 Å².